The van der Waals surface area contributed by atoms with Gasteiger partial charge in [0.1, 0.15) is 17.5 Å². The summed E-state index contributed by atoms with van der Waals surface area (Å²) in [6.45, 7) is 2.98. The van der Waals surface area contributed by atoms with Crippen LogP contribution in [0.5, 0.6) is 0 Å². The lowest BCUT2D eigenvalue weighted by Gasteiger charge is -2.21. The number of nitrogens with one attached hydrogen (secondary N) is 1. The van der Waals surface area contributed by atoms with Gasteiger partial charge >= 0.3 is 0 Å². The van der Waals surface area contributed by atoms with Crippen molar-refractivity contribution < 1.29 is 0 Å². The van der Waals surface area contributed by atoms with Gasteiger partial charge in [0.15, 0.2) is 0 Å². The molecule has 0 bridgehead atoms. The Bertz CT molecular complexity index is 590. The third kappa shape index (κ3) is 2.63. The summed E-state index contributed by atoms with van der Waals surface area (Å²) in [5.41, 5.74) is 1.12. The van der Waals surface area contributed by atoms with E-state index in [0.717, 1.165) is 29.6 Å². The molecule has 1 aliphatic carbocycles. The summed E-state index contributed by atoms with van der Waals surface area (Å²) in [6.07, 6.45) is 2.45. The molecular formula is C15H20N4S. The summed E-state index contributed by atoms with van der Waals surface area (Å²) in [7, 11) is 4.03. The van der Waals surface area contributed by atoms with E-state index in [2.05, 4.69) is 46.7 Å². The minimum absolute atomic E-state index is 0.566. The van der Waals surface area contributed by atoms with Crippen LogP contribution in [0.3, 0.4) is 0 Å². The second-order valence-electron chi connectivity index (χ2n) is 5.34. The van der Waals surface area contributed by atoms with E-state index in [1.807, 2.05) is 7.05 Å². The zero-order valence-corrected chi connectivity index (χ0v) is 13.0. The smallest absolute Gasteiger partial charge is 0.137 e. The summed E-state index contributed by atoms with van der Waals surface area (Å²) < 4.78 is 0. The van der Waals surface area contributed by atoms with E-state index in [1.165, 1.54) is 17.7 Å². The first kappa shape index (κ1) is 13.4. The number of nitrogens with zero attached hydrogens (tertiary/aromatic N) is 3. The van der Waals surface area contributed by atoms with Crippen LogP contribution in [-0.4, -0.2) is 24.1 Å². The van der Waals surface area contributed by atoms with Gasteiger partial charge in [-0.05, 0) is 31.2 Å². The van der Waals surface area contributed by atoms with Gasteiger partial charge in [0.05, 0.1) is 6.54 Å². The van der Waals surface area contributed by atoms with Crippen molar-refractivity contribution in [3.05, 3.63) is 33.8 Å². The van der Waals surface area contributed by atoms with Crippen LogP contribution in [0.1, 0.15) is 35.0 Å². The van der Waals surface area contributed by atoms with Crippen LogP contribution in [0.25, 0.3) is 0 Å². The van der Waals surface area contributed by atoms with Crippen molar-refractivity contribution in [1.29, 1.82) is 0 Å². The fourth-order valence-corrected chi connectivity index (χ4v) is 3.13. The molecule has 0 amide bonds. The molecule has 1 N–H and O–H groups in total. The lowest BCUT2D eigenvalue weighted by atomic mass is 10.2. The normalized spacial score (nSPS) is 14.3. The summed E-state index contributed by atoms with van der Waals surface area (Å²) in [5.74, 6) is 3.55. The predicted molar refractivity (Wildman–Crippen MR) is 84.7 cm³/mol. The van der Waals surface area contributed by atoms with Crippen molar-refractivity contribution in [3.63, 3.8) is 0 Å². The standard InChI is InChI=1S/C15H20N4S/c1-10-13(16-2)17-14(11-6-7-11)18-15(10)19(3)9-12-5-4-8-20-12/h4-5,8,11H,6-7,9H2,1-3H3,(H,16,17,18). The van der Waals surface area contributed by atoms with Gasteiger partial charge in [-0.25, -0.2) is 9.97 Å². The van der Waals surface area contributed by atoms with Gasteiger partial charge in [0, 0.05) is 30.5 Å². The molecule has 3 rings (SSSR count). The molecule has 0 radical (unpaired) electrons. The first-order valence-corrected chi connectivity index (χ1v) is 7.87. The lowest BCUT2D eigenvalue weighted by molar-refractivity contribution is 0.853. The fourth-order valence-electron chi connectivity index (χ4n) is 2.37. The van der Waals surface area contributed by atoms with Gasteiger partial charge in [-0.1, -0.05) is 6.07 Å². The molecule has 0 unspecified atom stereocenters. The van der Waals surface area contributed by atoms with Crippen molar-refractivity contribution in [1.82, 2.24) is 9.97 Å². The maximum Gasteiger partial charge on any atom is 0.137 e. The number of aromatic nitrogens is 2. The first-order chi connectivity index (χ1) is 9.69. The molecule has 2 heterocycles. The van der Waals surface area contributed by atoms with Crippen LogP contribution in [0.2, 0.25) is 0 Å². The molecule has 0 atom stereocenters. The van der Waals surface area contributed by atoms with Gasteiger partial charge in [-0.2, -0.15) is 0 Å². The topological polar surface area (TPSA) is 41.1 Å². The highest BCUT2D eigenvalue weighted by atomic mass is 32.1. The number of rotatable bonds is 5. The van der Waals surface area contributed by atoms with Crippen LogP contribution in [0, 0.1) is 6.92 Å². The van der Waals surface area contributed by atoms with Crippen LogP contribution >= 0.6 is 11.3 Å². The van der Waals surface area contributed by atoms with Gasteiger partial charge in [0.2, 0.25) is 0 Å². The molecule has 0 spiro atoms. The van der Waals surface area contributed by atoms with Crippen molar-refractivity contribution in [3.8, 4) is 0 Å². The molecule has 1 aliphatic rings. The Morgan fingerprint density at radius 2 is 2.20 bits per heavy atom. The maximum atomic E-state index is 4.80. The molecule has 4 nitrogen and oxygen atoms in total. The molecule has 1 saturated carbocycles. The molecule has 20 heavy (non-hydrogen) atoms. The Kier molecular flexibility index (Phi) is 3.61. The van der Waals surface area contributed by atoms with E-state index >= 15 is 0 Å². The number of anilines is 2. The van der Waals surface area contributed by atoms with Crippen molar-refractivity contribution in [2.24, 2.45) is 0 Å². The highest BCUT2D eigenvalue weighted by molar-refractivity contribution is 7.09. The Hall–Kier alpha value is -1.62. The van der Waals surface area contributed by atoms with Gasteiger partial charge in [0.25, 0.3) is 0 Å². The third-order valence-electron chi connectivity index (χ3n) is 3.65. The molecule has 0 aromatic carbocycles. The molecule has 2 aromatic rings. The fraction of sp³-hybridized carbons (Fsp3) is 0.467. The molecule has 0 saturated heterocycles. The monoisotopic (exact) mass is 288 g/mol. The molecule has 0 aliphatic heterocycles. The van der Waals surface area contributed by atoms with E-state index < -0.39 is 0 Å². The van der Waals surface area contributed by atoms with E-state index in [-0.39, 0.29) is 0 Å². The van der Waals surface area contributed by atoms with Gasteiger partial charge < -0.3 is 10.2 Å². The Morgan fingerprint density at radius 3 is 2.80 bits per heavy atom. The van der Waals surface area contributed by atoms with Crippen molar-refractivity contribution in [2.75, 3.05) is 24.3 Å². The quantitative estimate of drug-likeness (QED) is 0.915. The van der Waals surface area contributed by atoms with E-state index in [0.29, 0.717) is 5.92 Å². The molecule has 2 aromatic heterocycles. The molecule has 5 heteroatoms. The van der Waals surface area contributed by atoms with E-state index in [4.69, 9.17) is 4.98 Å². The zero-order chi connectivity index (χ0) is 14.1. The Labute approximate surface area is 123 Å². The third-order valence-corrected chi connectivity index (χ3v) is 4.51. The number of thiophene rings is 1. The highest BCUT2D eigenvalue weighted by Gasteiger charge is 2.28. The summed E-state index contributed by atoms with van der Waals surface area (Å²) in [6, 6.07) is 4.26. The number of hydrogen-bond acceptors (Lipinski definition) is 5. The van der Waals surface area contributed by atoms with Crippen LogP contribution < -0.4 is 10.2 Å². The molecular weight excluding hydrogens is 268 g/mol. The van der Waals surface area contributed by atoms with E-state index in [1.54, 1.807) is 11.3 Å². The van der Waals surface area contributed by atoms with Crippen molar-refractivity contribution >= 4 is 23.0 Å². The Morgan fingerprint density at radius 1 is 1.40 bits per heavy atom. The van der Waals surface area contributed by atoms with Gasteiger partial charge in [-0.15, -0.1) is 11.3 Å². The minimum Gasteiger partial charge on any atom is -0.373 e. The highest BCUT2D eigenvalue weighted by Crippen LogP contribution is 2.40. The van der Waals surface area contributed by atoms with Crippen molar-refractivity contribution in [2.45, 2.75) is 32.2 Å². The molecule has 106 valence electrons. The second-order valence-corrected chi connectivity index (χ2v) is 6.37. The van der Waals surface area contributed by atoms with Crippen LogP contribution in [-0.2, 0) is 6.54 Å². The maximum absolute atomic E-state index is 4.80. The van der Waals surface area contributed by atoms with Gasteiger partial charge in [-0.3, -0.25) is 0 Å². The Balaban J connectivity index is 1.92. The lowest BCUT2D eigenvalue weighted by Crippen LogP contribution is -2.20. The second kappa shape index (κ2) is 5.40. The average Bonchev–Trinajstić information content (AvgIpc) is 3.17. The van der Waals surface area contributed by atoms with E-state index in [9.17, 15) is 0 Å². The largest absolute Gasteiger partial charge is 0.373 e. The molecule has 1 fully saturated rings. The summed E-state index contributed by atoms with van der Waals surface area (Å²) >= 11 is 1.78. The average molecular weight is 288 g/mol. The SMILES string of the molecule is CNc1nc(C2CC2)nc(N(C)Cc2cccs2)c1C. The summed E-state index contributed by atoms with van der Waals surface area (Å²) in [4.78, 5) is 13.0. The number of hydrogen-bond donors (Lipinski definition) is 1. The first-order valence-electron chi connectivity index (χ1n) is 6.99. The summed E-state index contributed by atoms with van der Waals surface area (Å²) in [5, 5.41) is 5.31. The van der Waals surface area contributed by atoms with Crippen LogP contribution in [0.4, 0.5) is 11.6 Å². The van der Waals surface area contributed by atoms with Crippen LogP contribution in [0.15, 0.2) is 17.5 Å². The predicted octanol–water partition coefficient (Wildman–Crippen LogP) is 3.40. The zero-order valence-electron chi connectivity index (χ0n) is 12.2. The minimum atomic E-state index is 0.566.